The Morgan fingerprint density at radius 3 is 2.23 bits per heavy atom. The second-order valence-corrected chi connectivity index (χ2v) is 14.9. The van der Waals surface area contributed by atoms with Crippen molar-refractivity contribution in [1.82, 2.24) is 4.90 Å². The van der Waals surface area contributed by atoms with Crippen molar-refractivity contribution in [1.29, 1.82) is 0 Å². The zero-order chi connectivity index (χ0) is 36.2. The van der Waals surface area contributed by atoms with Crippen LogP contribution in [0.4, 0.5) is 11.4 Å². The van der Waals surface area contributed by atoms with E-state index in [1.165, 1.54) is 22.3 Å². The number of halogens is 1. The number of thioether (sulfide) groups is 1. The number of aryl methyl sites for hydroxylation is 2. The van der Waals surface area contributed by atoms with Gasteiger partial charge >= 0.3 is 5.97 Å². The summed E-state index contributed by atoms with van der Waals surface area (Å²) < 4.78 is 0.248. The van der Waals surface area contributed by atoms with E-state index in [2.05, 4.69) is 103 Å². The summed E-state index contributed by atoms with van der Waals surface area (Å²) in [6, 6.07) is 41.7. The van der Waals surface area contributed by atoms with Gasteiger partial charge in [0.15, 0.2) is 0 Å². The molecule has 5 nitrogen and oxygen atoms in total. The summed E-state index contributed by atoms with van der Waals surface area (Å²) in [5, 5.41) is 9.89. The van der Waals surface area contributed by atoms with Crippen molar-refractivity contribution in [2.24, 2.45) is 0 Å². The molecule has 1 fully saturated rings. The van der Waals surface area contributed by atoms with E-state index in [4.69, 9.17) is 23.8 Å². The van der Waals surface area contributed by atoms with Crippen LogP contribution in [0.25, 0.3) is 23.3 Å². The third-order valence-electron chi connectivity index (χ3n) is 9.12. The number of carbonyl (C=O) groups is 2. The van der Waals surface area contributed by atoms with Crippen LogP contribution >= 0.6 is 35.6 Å². The van der Waals surface area contributed by atoms with Crippen LogP contribution in [-0.2, 0) is 16.0 Å². The van der Waals surface area contributed by atoms with Crippen molar-refractivity contribution in [3.63, 3.8) is 0 Å². The van der Waals surface area contributed by atoms with Crippen LogP contribution in [-0.4, -0.2) is 32.7 Å². The first kappa shape index (κ1) is 35.2. The van der Waals surface area contributed by atoms with Crippen LogP contribution in [0.2, 0.25) is 5.02 Å². The van der Waals surface area contributed by atoms with E-state index in [-0.39, 0.29) is 10.2 Å². The molecule has 7 rings (SSSR count). The lowest BCUT2D eigenvalue weighted by atomic mass is 9.88. The topological polar surface area (TPSA) is 60.9 Å². The van der Waals surface area contributed by atoms with Gasteiger partial charge in [-0.1, -0.05) is 126 Å². The standard InChI is InChI=1S/C44H35ClN2O3S2/c1-29-7-4-10-33(23-29)40(34-11-6-13-36(45)26-34)24-30-15-19-37(20-16-30)46(27-35-12-5-9-32-8-2-3-14-39(32)35)38-21-17-31(18-22-38)25-41-43(50)47(28-42(48)49)44(51)52-41/h2-4,6-8,10-11,13-27H,5,9,12,28H2,1H3,(H,48,49)/b35-27-,40-24+,41-25+. The molecule has 0 atom stereocenters. The van der Waals surface area contributed by atoms with Crippen molar-refractivity contribution < 1.29 is 14.7 Å². The number of carboxylic acids is 1. The summed E-state index contributed by atoms with van der Waals surface area (Å²) in [5.41, 5.74) is 12.2. The lowest BCUT2D eigenvalue weighted by Crippen LogP contribution is -2.33. The van der Waals surface area contributed by atoms with Gasteiger partial charge in [0.1, 0.15) is 10.9 Å². The number of amides is 1. The van der Waals surface area contributed by atoms with Gasteiger partial charge in [0.2, 0.25) is 0 Å². The molecule has 1 aliphatic heterocycles. The number of allylic oxidation sites excluding steroid dienone is 1. The first-order valence-corrected chi connectivity index (χ1v) is 18.6. The normalized spacial score (nSPS) is 16.0. The van der Waals surface area contributed by atoms with Gasteiger partial charge in [-0.05, 0) is 119 Å². The highest BCUT2D eigenvalue weighted by Gasteiger charge is 2.33. The molecular weight excluding hydrogens is 704 g/mol. The molecule has 1 amide bonds. The van der Waals surface area contributed by atoms with Crippen LogP contribution in [0.5, 0.6) is 0 Å². The zero-order valence-electron chi connectivity index (χ0n) is 28.5. The number of thiocarbonyl (C=S) groups is 1. The molecule has 1 N–H and O–H groups in total. The van der Waals surface area contributed by atoms with Crippen LogP contribution in [0.1, 0.15) is 51.8 Å². The summed E-state index contributed by atoms with van der Waals surface area (Å²) in [4.78, 5) is 27.9. The number of rotatable bonds is 9. The summed E-state index contributed by atoms with van der Waals surface area (Å²) >= 11 is 12.8. The molecule has 2 aliphatic rings. The van der Waals surface area contributed by atoms with Gasteiger partial charge in [-0.2, -0.15) is 0 Å². The number of carboxylic acid groups (broad SMARTS) is 1. The van der Waals surface area contributed by atoms with Crippen molar-refractivity contribution in [3.8, 4) is 0 Å². The third kappa shape index (κ3) is 7.97. The first-order chi connectivity index (χ1) is 25.2. The molecular formula is C44H35ClN2O3S2. The van der Waals surface area contributed by atoms with Crippen molar-refractivity contribution in [2.45, 2.75) is 26.2 Å². The molecule has 0 bridgehead atoms. The van der Waals surface area contributed by atoms with Gasteiger partial charge in [0, 0.05) is 22.6 Å². The average molecular weight is 739 g/mol. The highest BCUT2D eigenvalue weighted by molar-refractivity contribution is 8.26. The minimum atomic E-state index is -1.10. The van der Waals surface area contributed by atoms with Gasteiger partial charge in [0.05, 0.1) is 4.91 Å². The van der Waals surface area contributed by atoms with E-state index in [0.717, 1.165) is 75.1 Å². The summed E-state index contributed by atoms with van der Waals surface area (Å²) in [6.45, 7) is 1.65. The Bertz CT molecular complexity index is 2230. The fourth-order valence-electron chi connectivity index (χ4n) is 6.60. The van der Waals surface area contributed by atoms with Crippen LogP contribution in [0, 0.1) is 6.92 Å². The molecule has 5 aromatic rings. The molecule has 0 saturated carbocycles. The molecule has 0 spiro atoms. The van der Waals surface area contributed by atoms with Crippen molar-refractivity contribution in [3.05, 3.63) is 176 Å². The largest absolute Gasteiger partial charge is 0.480 e. The maximum absolute atomic E-state index is 12.9. The lowest BCUT2D eigenvalue weighted by Gasteiger charge is -2.26. The quantitative estimate of drug-likeness (QED) is 0.0923. The Morgan fingerprint density at radius 1 is 0.865 bits per heavy atom. The molecule has 258 valence electrons. The molecule has 1 heterocycles. The van der Waals surface area contributed by atoms with E-state index < -0.39 is 12.5 Å². The molecule has 0 unspecified atom stereocenters. The second kappa shape index (κ2) is 15.6. The van der Waals surface area contributed by atoms with Crippen LogP contribution < -0.4 is 4.90 Å². The van der Waals surface area contributed by atoms with E-state index in [0.29, 0.717) is 9.93 Å². The molecule has 0 radical (unpaired) electrons. The van der Waals surface area contributed by atoms with E-state index >= 15 is 0 Å². The van der Waals surface area contributed by atoms with Crippen molar-refractivity contribution >= 4 is 86.5 Å². The average Bonchev–Trinajstić information content (AvgIpc) is 3.40. The molecule has 5 aromatic carbocycles. The highest BCUT2D eigenvalue weighted by atomic mass is 35.5. The SMILES string of the molecule is Cc1cccc(/C(=C\c2ccc(N(/C=C3/CCCc4ccccc43)c3ccc(/C=C4/SC(=S)N(CC(=O)O)C4=O)cc3)cc2)c2cccc(Cl)c2)c1. The monoisotopic (exact) mass is 738 g/mol. The van der Waals surface area contributed by atoms with E-state index in [9.17, 15) is 14.7 Å². The number of anilines is 2. The van der Waals surface area contributed by atoms with Gasteiger partial charge < -0.3 is 10.0 Å². The van der Waals surface area contributed by atoms with Crippen molar-refractivity contribution in [2.75, 3.05) is 11.4 Å². The number of nitrogens with zero attached hydrogens (tertiary/aromatic N) is 2. The third-order valence-corrected chi connectivity index (χ3v) is 10.7. The molecule has 52 heavy (non-hydrogen) atoms. The number of carbonyl (C=O) groups excluding carboxylic acids is 1. The predicted molar refractivity (Wildman–Crippen MR) is 219 cm³/mol. The molecule has 8 heteroatoms. The Kier molecular flexibility index (Phi) is 10.5. The summed E-state index contributed by atoms with van der Waals surface area (Å²) in [5.74, 6) is -1.49. The number of hydrogen-bond donors (Lipinski definition) is 1. The minimum Gasteiger partial charge on any atom is -0.480 e. The first-order valence-electron chi connectivity index (χ1n) is 17.0. The summed E-state index contributed by atoms with van der Waals surface area (Å²) in [6.07, 6.45) is 9.35. The fourth-order valence-corrected chi connectivity index (χ4v) is 8.04. The van der Waals surface area contributed by atoms with Gasteiger partial charge in [-0.15, -0.1) is 0 Å². The Labute approximate surface area is 318 Å². The smallest absolute Gasteiger partial charge is 0.323 e. The van der Waals surface area contributed by atoms with Crippen LogP contribution in [0.15, 0.2) is 132 Å². The summed E-state index contributed by atoms with van der Waals surface area (Å²) in [7, 11) is 0. The lowest BCUT2D eigenvalue weighted by molar-refractivity contribution is -0.140. The highest BCUT2D eigenvalue weighted by Crippen LogP contribution is 2.37. The van der Waals surface area contributed by atoms with E-state index in [1.807, 2.05) is 42.5 Å². The van der Waals surface area contributed by atoms with E-state index in [1.54, 1.807) is 6.08 Å². The predicted octanol–water partition coefficient (Wildman–Crippen LogP) is 11.0. The fraction of sp³-hybridized carbons (Fsp3) is 0.114. The number of benzene rings is 5. The zero-order valence-corrected chi connectivity index (χ0v) is 30.8. The maximum Gasteiger partial charge on any atom is 0.323 e. The number of hydrogen-bond acceptors (Lipinski definition) is 5. The number of aliphatic carboxylic acids is 1. The second-order valence-electron chi connectivity index (χ2n) is 12.8. The van der Waals surface area contributed by atoms with Gasteiger partial charge in [0.25, 0.3) is 5.91 Å². The molecule has 1 saturated heterocycles. The Balaban J connectivity index is 1.25. The Morgan fingerprint density at radius 2 is 1.54 bits per heavy atom. The molecule has 1 aliphatic carbocycles. The minimum absolute atomic E-state index is 0.248. The molecule has 0 aromatic heterocycles. The van der Waals surface area contributed by atoms with Gasteiger partial charge in [-0.3, -0.25) is 14.5 Å². The Hall–Kier alpha value is -5.21. The van der Waals surface area contributed by atoms with Crippen LogP contribution in [0.3, 0.4) is 0 Å². The van der Waals surface area contributed by atoms with Gasteiger partial charge in [-0.25, -0.2) is 0 Å². The number of fused-ring (bicyclic) bond motifs is 1. The maximum atomic E-state index is 12.9.